The van der Waals surface area contributed by atoms with E-state index in [0.717, 1.165) is 6.42 Å². The first-order valence-electron chi connectivity index (χ1n) is 16.8. The molecule has 2 unspecified atom stereocenters. The lowest BCUT2D eigenvalue weighted by Gasteiger charge is -2.19. The van der Waals surface area contributed by atoms with E-state index in [1.54, 1.807) is 0 Å². The van der Waals surface area contributed by atoms with E-state index in [2.05, 4.69) is 27.7 Å². The van der Waals surface area contributed by atoms with Gasteiger partial charge in [-0.1, -0.05) is 175 Å². The monoisotopic (exact) mass is 509 g/mol. The van der Waals surface area contributed by atoms with Crippen molar-refractivity contribution in [3.8, 4) is 0 Å². The van der Waals surface area contributed by atoms with Crippen molar-refractivity contribution < 1.29 is 9.53 Å². The zero-order chi connectivity index (χ0) is 26.5. The predicted octanol–water partition coefficient (Wildman–Crippen LogP) is 12.0. The first-order valence-corrected chi connectivity index (χ1v) is 16.8. The Morgan fingerprint density at radius 3 is 1.19 bits per heavy atom. The molecule has 0 aromatic rings. The maximum absolute atomic E-state index is 12.6. The van der Waals surface area contributed by atoms with E-state index in [-0.39, 0.29) is 11.9 Å². The van der Waals surface area contributed by atoms with Crippen LogP contribution in [0.1, 0.15) is 195 Å². The molecule has 0 aromatic heterocycles. The molecule has 36 heavy (non-hydrogen) atoms. The van der Waals surface area contributed by atoms with Crippen molar-refractivity contribution >= 4 is 5.97 Å². The van der Waals surface area contributed by atoms with Crippen LogP contribution in [0.4, 0.5) is 0 Å². The van der Waals surface area contributed by atoms with Crippen LogP contribution in [-0.2, 0) is 9.53 Å². The molecule has 0 fully saturated rings. The van der Waals surface area contributed by atoms with Gasteiger partial charge in [-0.3, -0.25) is 4.79 Å². The molecule has 0 aromatic carbocycles. The molecule has 0 N–H and O–H groups in total. The Hall–Kier alpha value is -0.530. The van der Waals surface area contributed by atoms with E-state index in [1.165, 1.54) is 161 Å². The molecule has 0 bridgehead atoms. The number of esters is 1. The Kier molecular flexibility index (Phi) is 28.6. The van der Waals surface area contributed by atoms with Gasteiger partial charge in [-0.2, -0.15) is 0 Å². The fourth-order valence-electron chi connectivity index (χ4n) is 5.31. The van der Waals surface area contributed by atoms with Gasteiger partial charge in [0, 0.05) is 0 Å². The van der Waals surface area contributed by atoms with Crippen molar-refractivity contribution in [3.05, 3.63) is 0 Å². The molecule has 0 radical (unpaired) electrons. The number of hydrogen-bond acceptors (Lipinski definition) is 2. The summed E-state index contributed by atoms with van der Waals surface area (Å²) < 4.78 is 5.84. The molecule has 2 atom stereocenters. The molecule has 0 heterocycles. The van der Waals surface area contributed by atoms with E-state index in [1.807, 2.05) is 0 Å². The summed E-state index contributed by atoms with van der Waals surface area (Å²) in [4.78, 5) is 12.6. The molecule has 0 amide bonds. The van der Waals surface area contributed by atoms with Crippen LogP contribution in [0.25, 0.3) is 0 Å². The smallest absolute Gasteiger partial charge is 0.308 e. The van der Waals surface area contributed by atoms with Crippen LogP contribution >= 0.6 is 0 Å². The number of carbonyl (C=O) groups is 1. The lowest BCUT2D eigenvalue weighted by Crippen LogP contribution is -2.19. The molecule has 0 saturated carbocycles. The van der Waals surface area contributed by atoms with Gasteiger partial charge in [0.15, 0.2) is 0 Å². The van der Waals surface area contributed by atoms with E-state index < -0.39 is 0 Å². The molecule has 0 saturated heterocycles. The Bertz CT molecular complexity index is 433. The Labute approximate surface area is 228 Å². The summed E-state index contributed by atoms with van der Waals surface area (Å²) in [6.07, 6.45) is 34.7. The molecule has 0 spiro atoms. The minimum atomic E-state index is 0.0505. The number of rotatable bonds is 29. The highest BCUT2D eigenvalue weighted by Gasteiger charge is 2.17. The van der Waals surface area contributed by atoms with Gasteiger partial charge >= 0.3 is 5.97 Å². The summed E-state index contributed by atoms with van der Waals surface area (Å²) in [6, 6.07) is 0. The topological polar surface area (TPSA) is 26.3 Å². The predicted molar refractivity (Wildman–Crippen MR) is 161 cm³/mol. The summed E-state index contributed by atoms with van der Waals surface area (Å²) >= 11 is 0. The van der Waals surface area contributed by atoms with Crippen LogP contribution in [0.5, 0.6) is 0 Å². The van der Waals surface area contributed by atoms with Crippen molar-refractivity contribution in [3.63, 3.8) is 0 Å². The van der Waals surface area contributed by atoms with Gasteiger partial charge in [-0.15, -0.1) is 0 Å². The van der Waals surface area contributed by atoms with Crippen molar-refractivity contribution in [2.24, 2.45) is 11.8 Å². The first-order chi connectivity index (χ1) is 17.7. The Morgan fingerprint density at radius 2 is 0.778 bits per heavy atom. The minimum absolute atomic E-state index is 0.0505. The number of hydrogen-bond donors (Lipinski definition) is 0. The van der Waals surface area contributed by atoms with E-state index in [4.69, 9.17) is 4.74 Å². The van der Waals surface area contributed by atoms with Gasteiger partial charge in [-0.25, -0.2) is 0 Å². The largest absolute Gasteiger partial charge is 0.465 e. The standard InChI is InChI=1S/C34H68O2/c1-5-8-11-13-15-17-18-19-20-21-23-26-28-32(4)34(35)36-31-33(29-25-10-7-3)30-27-24-22-16-14-12-9-6-2/h32-33H,5-31H2,1-4H3. The summed E-state index contributed by atoms with van der Waals surface area (Å²) in [7, 11) is 0. The molecule has 2 nitrogen and oxygen atoms in total. The van der Waals surface area contributed by atoms with Crippen LogP contribution in [0.2, 0.25) is 0 Å². The first kappa shape index (κ1) is 35.5. The highest BCUT2D eigenvalue weighted by atomic mass is 16.5. The summed E-state index contributed by atoms with van der Waals surface area (Å²) in [5.74, 6) is 0.682. The number of unbranched alkanes of at least 4 members (excludes halogenated alkanes) is 20. The van der Waals surface area contributed by atoms with E-state index in [0.29, 0.717) is 12.5 Å². The van der Waals surface area contributed by atoms with Crippen molar-refractivity contribution in [2.45, 2.75) is 195 Å². The zero-order valence-corrected chi connectivity index (χ0v) is 25.6. The quantitative estimate of drug-likeness (QED) is 0.0741. The molecule has 216 valence electrons. The fourth-order valence-corrected chi connectivity index (χ4v) is 5.31. The number of ether oxygens (including phenoxy) is 1. The van der Waals surface area contributed by atoms with Gasteiger partial charge < -0.3 is 4.74 Å². The molecular formula is C34H68O2. The second-order valence-corrected chi connectivity index (χ2v) is 11.8. The second kappa shape index (κ2) is 29.0. The van der Waals surface area contributed by atoms with Crippen LogP contribution in [-0.4, -0.2) is 12.6 Å². The normalized spacial score (nSPS) is 13.1. The summed E-state index contributed by atoms with van der Waals surface area (Å²) in [5, 5.41) is 0. The maximum atomic E-state index is 12.6. The van der Waals surface area contributed by atoms with Crippen LogP contribution in [0.15, 0.2) is 0 Å². The third kappa shape index (κ3) is 25.1. The van der Waals surface area contributed by atoms with Gasteiger partial charge in [0.1, 0.15) is 0 Å². The van der Waals surface area contributed by atoms with Crippen LogP contribution in [0, 0.1) is 11.8 Å². The van der Waals surface area contributed by atoms with Crippen molar-refractivity contribution in [2.75, 3.05) is 6.61 Å². The summed E-state index contributed by atoms with van der Waals surface area (Å²) in [5.41, 5.74) is 0. The Morgan fingerprint density at radius 1 is 0.472 bits per heavy atom. The van der Waals surface area contributed by atoms with Crippen LogP contribution < -0.4 is 0 Å². The van der Waals surface area contributed by atoms with Gasteiger partial charge in [0.25, 0.3) is 0 Å². The van der Waals surface area contributed by atoms with E-state index >= 15 is 0 Å². The second-order valence-electron chi connectivity index (χ2n) is 11.8. The molecule has 2 heteroatoms. The zero-order valence-electron chi connectivity index (χ0n) is 25.6. The minimum Gasteiger partial charge on any atom is -0.465 e. The number of carbonyl (C=O) groups excluding carboxylic acids is 1. The molecular weight excluding hydrogens is 440 g/mol. The van der Waals surface area contributed by atoms with E-state index in [9.17, 15) is 4.79 Å². The third-order valence-electron chi connectivity index (χ3n) is 8.04. The molecule has 0 aliphatic carbocycles. The van der Waals surface area contributed by atoms with Gasteiger partial charge in [0.05, 0.1) is 12.5 Å². The molecule has 0 rings (SSSR count). The van der Waals surface area contributed by atoms with Crippen molar-refractivity contribution in [1.29, 1.82) is 0 Å². The molecule has 0 aliphatic rings. The highest BCUT2D eigenvalue weighted by molar-refractivity contribution is 5.71. The van der Waals surface area contributed by atoms with Crippen molar-refractivity contribution in [1.82, 2.24) is 0 Å². The average Bonchev–Trinajstić information content (AvgIpc) is 2.88. The van der Waals surface area contributed by atoms with Gasteiger partial charge in [0.2, 0.25) is 0 Å². The van der Waals surface area contributed by atoms with Crippen LogP contribution in [0.3, 0.4) is 0 Å². The lowest BCUT2D eigenvalue weighted by molar-refractivity contribution is -0.149. The highest BCUT2D eigenvalue weighted by Crippen LogP contribution is 2.21. The SMILES string of the molecule is CCCCCCCCCCCCCCC(C)C(=O)OCC(CCCCC)CCCCCCCCCC. The lowest BCUT2D eigenvalue weighted by atomic mass is 9.95. The maximum Gasteiger partial charge on any atom is 0.308 e. The average molecular weight is 509 g/mol. The third-order valence-corrected chi connectivity index (χ3v) is 8.04. The Balaban J connectivity index is 3.85. The fraction of sp³-hybridized carbons (Fsp3) is 0.971. The summed E-state index contributed by atoms with van der Waals surface area (Å²) in [6.45, 7) is 9.57. The molecule has 0 aliphatic heterocycles. The van der Waals surface area contributed by atoms with Gasteiger partial charge in [-0.05, 0) is 25.2 Å².